The molecule has 0 amide bonds. The Labute approximate surface area is 271 Å². The average molecular weight is 645 g/mol. The van der Waals surface area contributed by atoms with Crippen LogP contribution in [0.25, 0.3) is 32.9 Å². The molecule has 3 atom stereocenters. The number of rotatable bonds is 7. The summed E-state index contributed by atoms with van der Waals surface area (Å²) in [6.45, 7) is 7.53. The molecule has 2 aromatic carbocycles. The van der Waals surface area contributed by atoms with E-state index in [-0.39, 0.29) is 51.9 Å². The highest BCUT2D eigenvalue weighted by Crippen LogP contribution is 2.48. The minimum absolute atomic E-state index is 0.0117. The summed E-state index contributed by atoms with van der Waals surface area (Å²) >= 11 is 0. The van der Waals surface area contributed by atoms with Gasteiger partial charge in [-0.3, -0.25) is 4.90 Å². The third kappa shape index (κ3) is 4.95. The summed E-state index contributed by atoms with van der Waals surface area (Å²) in [5.41, 5.74) is 0.698. The van der Waals surface area contributed by atoms with Crippen molar-refractivity contribution in [2.24, 2.45) is 5.41 Å². The number of hydrogen-bond acceptors (Lipinski definition) is 10. The van der Waals surface area contributed by atoms with Crippen LogP contribution in [0.2, 0.25) is 0 Å². The predicted octanol–water partition coefficient (Wildman–Crippen LogP) is 4.58. The van der Waals surface area contributed by atoms with E-state index in [0.717, 1.165) is 58.5 Å². The topological polar surface area (TPSA) is 105 Å². The first-order valence-corrected chi connectivity index (χ1v) is 16.8. The highest BCUT2D eigenvalue weighted by molar-refractivity contribution is 6.03. The number of fused-ring (bicyclic) bond motifs is 6. The van der Waals surface area contributed by atoms with Crippen LogP contribution >= 0.6 is 0 Å². The SMILES string of the molecule is CCc1c(F)ccc2cc(O)cc(-c3nc4c5c(nc(OCC6(CN7CCOCC7)CC6)nc5c3F)N3C[C@H]5CC[C@H](N5)[C@H]3CO4)c12. The molecule has 9 rings (SSSR count). The first-order valence-electron chi connectivity index (χ1n) is 16.8. The van der Waals surface area contributed by atoms with Crippen molar-refractivity contribution in [3.05, 3.63) is 41.5 Å². The number of hydrogen-bond donors (Lipinski definition) is 2. The van der Waals surface area contributed by atoms with Gasteiger partial charge in [0.05, 0.1) is 25.9 Å². The Balaban J connectivity index is 1.19. The molecule has 5 aliphatic rings. The fourth-order valence-electron chi connectivity index (χ4n) is 8.17. The molecular formula is C35H38F2N6O4. The maximum absolute atomic E-state index is 17.1. The molecule has 0 radical (unpaired) electrons. The summed E-state index contributed by atoms with van der Waals surface area (Å²) in [6, 6.07) is 6.55. The van der Waals surface area contributed by atoms with Gasteiger partial charge in [0, 0.05) is 49.2 Å². The van der Waals surface area contributed by atoms with Crippen molar-refractivity contribution >= 4 is 27.5 Å². The fraction of sp³-hybridized carbons (Fsp3) is 0.514. The van der Waals surface area contributed by atoms with Crippen LogP contribution in [0.3, 0.4) is 0 Å². The van der Waals surface area contributed by atoms with Gasteiger partial charge < -0.3 is 29.5 Å². The van der Waals surface area contributed by atoms with E-state index in [0.29, 0.717) is 59.8 Å². The van der Waals surface area contributed by atoms with Crippen LogP contribution < -0.4 is 19.7 Å². The van der Waals surface area contributed by atoms with Gasteiger partial charge in [-0.1, -0.05) is 13.0 Å². The molecule has 0 spiro atoms. The van der Waals surface area contributed by atoms with Crippen molar-refractivity contribution in [2.75, 3.05) is 57.5 Å². The fourth-order valence-corrected chi connectivity index (χ4v) is 8.17. The summed E-state index contributed by atoms with van der Waals surface area (Å²) < 4.78 is 50.5. The van der Waals surface area contributed by atoms with Crippen LogP contribution in [0.1, 0.15) is 38.2 Å². The molecule has 4 aromatic rings. The number of piperazine rings is 1. The van der Waals surface area contributed by atoms with Crippen LogP contribution in [-0.2, 0) is 11.2 Å². The van der Waals surface area contributed by atoms with Gasteiger partial charge in [0.25, 0.3) is 0 Å². The number of nitrogens with one attached hydrogen (secondary N) is 1. The van der Waals surface area contributed by atoms with E-state index in [4.69, 9.17) is 29.2 Å². The third-order valence-corrected chi connectivity index (χ3v) is 10.8. The van der Waals surface area contributed by atoms with Gasteiger partial charge in [0.1, 0.15) is 40.6 Å². The number of nitrogens with zero attached hydrogens (tertiary/aromatic N) is 5. The van der Waals surface area contributed by atoms with Crippen molar-refractivity contribution < 1.29 is 28.1 Å². The quantitative estimate of drug-likeness (QED) is 0.297. The maximum Gasteiger partial charge on any atom is 0.319 e. The smallest absolute Gasteiger partial charge is 0.319 e. The Kier molecular flexibility index (Phi) is 6.92. The molecule has 47 heavy (non-hydrogen) atoms. The minimum atomic E-state index is -0.690. The van der Waals surface area contributed by atoms with Crippen molar-refractivity contribution in [3.8, 4) is 28.9 Å². The summed E-state index contributed by atoms with van der Waals surface area (Å²) in [4.78, 5) is 19.0. The Morgan fingerprint density at radius 2 is 1.94 bits per heavy atom. The molecule has 4 aliphatic heterocycles. The summed E-state index contributed by atoms with van der Waals surface area (Å²) in [5, 5.41) is 15.9. The van der Waals surface area contributed by atoms with Gasteiger partial charge >= 0.3 is 6.01 Å². The Morgan fingerprint density at radius 3 is 2.74 bits per heavy atom. The highest BCUT2D eigenvalue weighted by atomic mass is 19.1. The van der Waals surface area contributed by atoms with Gasteiger partial charge in [-0.05, 0) is 66.6 Å². The van der Waals surface area contributed by atoms with Gasteiger partial charge in [0.2, 0.25) is 5.88 Å². The van der Waals surface area contributed by atoms with Crippen molar-refractivity contribution in [1.82, 2.24) is 25.2 Å². The molecular weight excluding hydrogens is 606 g/mol. The lowest BCUT2D eigenvalue weighted by molar-refractivity contribution is 0.0231. The Hall–Kier alpha value is -3.87. The van der Waals surface area contributed by atoms with Crippen LogP contribution in [0, 0.1) is 17.0 Å². The number of pyridine rings is 1. The number of phenols is 1. The average Bonchev–Trinajstić information content (AvgIpc) is 3.77. The Morgan fingerprint density at radius 1 is 1.09 bits per heavy atom. The second-order valence-electron chi connectivity index (χ2n) is 13.9. The lowest BCUT2D eigenvalue weighted by atomic mass is 9.94. The van der Waals surface area contributed by atoms with Crippen LogP contribution in [0.5, 0.6) is 17.6 Å². The first-order chi connectivity index (χ1) is 22.9. The molecule has 1 aliphatic carbocycles. The van der Waals surface area contributed by atoms with E-state index < -0.39 is 11.6 Å². The number of halogens is 2. The molecule has 4 fully saturated rings. The number of ether oxygens (including phenoxy) is 3. The molecule has 6 heterocycles. The standard InChI is InChI=1S/C35H38F2N6O4/c1-2-22-24(36)5-3-19-13-21(44)14-23(27(19)22)30-29(37)31-28-32(43-15-20-4-6-25(38-20)26(43)16-46-33(28)39-30)41-34(40-31)47-18-35(7-8-35)17-42-9-11-45-12-10-42/h3,5,13-14,20,25-26,38,44H,2,4,6-12,15-18H2,1H3/t20-,25+,26-/m1/s1. The van der Waals surface area contributed by atoms with Crippen molar-refractivity contribution in [3.63, 3.8) is 0 Å². The largest absolute Gasteiger partial charge is 0.508 e. The highest BCUT2D eigenvalue weighted by Gasteiger charge is 2.46. The van der Waals surface area contributed by atoms with Gasteiger partial charge in [-0.15, -0.1) is 0 Å². The molecule has 10 nitrogen and oxygen atoms in total. The number of anilines is 1. The van der Waals surface area contributed by atoms with Gasteiger partial charge in [0.15, 0.2) is 5.82 Å². The number of aromatic nitrogens is 3. The van der Waals surface area contributed by atoms with Crippen LogP contribution in [0.15, 0.2) is 24.3 Å². The molecule has 2 aromatic heterocycles. The molecule has 2 bridgehead atoms. The molecule has 3 saturated heterocycles. The number of aromatic hydroxyl groups is 1. The lowest BCUT2D eigenvalue weighted by Crippen LogP contribution is -2.60. The predicted molar refractivity (Wildman–Crippen MR) is 172 cm³/mol. The zero-order chi connectivity index (χ0) is 31.9. The molecule has 246 valence electrons. The Bertz CT molecular complexity index is 1900. The molecule has 2 N–H and O–H groups in total. The van der Waals surface area contributed by atoms with Crippen molar-refractivity contribution in [1.29, 1.82) is 0 Å². The zero-order valence-corrected chi connectivity index (χ0v) is 26.4. The summed E-state index contributed by atoms with van der Waals surface area (Å²) in [5.74, 6) is -0.368. The van der Waals surface area contributed by atoms with Crippen molar-refractivity contribution in [2.45, 2.75) is 57.2 Å². The molecule has 12 heteroatoms. The van der Waals surface area contributed by atoms with Gasteiger partial charge in [-0.2, -0.15) is 9.97 Å². The van der Waals surface area contributed by atoms with E-state index in [1.54, 1.807) is 12.1 Å². The summed E-state index contributed by atoms with van der Waals surface area (Å²) in [6.07, 6.45) is 4.55. The van der Waals surface area contributed by atoms with E-state index in [2.05, 4.69) is 15.1 Å². The zero-order valence-electron chi connectivity index (χ0n) is 26.4. The monoisotopic (exact) mass is 644 g/mol. The maximum atomic E-state index is 17.1. The van der Waals surface area contributed by atoms with E-state index in [1.807, 2.05) is 6.92 Å². The van der Waals surface area contributed by atoms with Crippen LogP contribution in [-0.4, -0.2) is 95.7 Å². The summed E-state index contributed by atoms with van der Waals surface area (Å²) in [7, 11) is 0. The van der Waals surface area contributed by atoms with E-state index in [9.17, 15) is 5.11 Å². The number of benzene rings is 2. The van der Waals surface area contributed by atoms with Crippen LogP contribution in [0.4, 0.5) is 14.6 Å². The molecule has 1 saturated carbocycles. The first kappa shape index (κ1) is 29.3. The number of phenolic OH excluding ortho intramolecular Hbond substituents is 1. The van der Waals surface area contributed by atoms with Gasteiger partial charge in [-0.25, -0.2) is 13.8 Å². The lowest BCUT2D eigenvalue weighted by Gasteiger charge is -2.40. The van der Waals surface area contributed by atoms with E-state index >= 15 is 8.78 Å². The minimum Gasteiger partial charge on any atom is -0.508 e. The second-order valence-corrected chi connectivity index (χ2v) is 13.9. The third-order valence-electron chi connectivity index (χ3n) is 10.8. The van der Waals surface area contributed by atoms with E-state index in [1.165, 1.54) is 12.1 Å². The normalized spacial score (nSPS) is 24.7. The number of morpholine rings is 1. The number of aryl methyl sites for hydroxylation is 1. The second kappa shape index (κ2) is 11.1. The molecule has 0 unspecified atom stereocenters.